The third-order valence-corrected chi connectivity index (χ3v) is 3.75. The quantitative estimate of drug-likeness (QED) is 0.797. The molecule has 1 aromatic carbocycles. The number of carbonyl (C=O) groups is 1. The molecule has 2 rings (SSSR count). The first kappa shape index (κ1) is 16.1. The molecule has 0 saturated heterocycles. The van der Waals surface area contributed by atoms with E-state index >= 15 is 0 Å². The lowest BCUT2D eigenvalue weighted by atomic mass is 10.1. The zero-order valence-corrected chi connectivity index (χ0v) is 13.0. The highest BCUT2D eigenvalue weighted by Gasteiger charge is 2.13. The molecule has 0 aliphatic rings. The summed E-state index contributed by atoms with van der Waals surface area (Å²) in [6, 6.07) is 6.16. The fourth-order valence-electron chi connectivity index (χ4n) is 2.60. The van der Waals surface area contributed by atoms with Gasteiger partial charge in [-0.1, -0.05) is 26.2 Å². The van der Waals surface area contributed by atoms with Crippen LogP contribution in [-0.2, 0) is 6.54 Å². The molecule has 1 heterocycles. The zero-order valence-electron chi connectivity index (χ0n) is 13.0. The van der Waals surface area contributed by atoms with Gasteiger partial charge in [-0.2, -0.15) is 0 Å². The van der Waals surface area contributed by atoms with Crippen molar-refractivity contribution in [2.45, 2.75) is 39.2 Å². The van der Waals surface area contributed by atoms with Gasteiger partial charge < -0.3 is 14.4 Å². The van der Waals surface area contributed by atoms with Crippen molar-refractivity contribution in [1.29, 1.82) is 0 Å². The predicted octanol–water partition coefficient (Wildman–Crippen LogP) is 3.29. The van der Waals surface area contributed by atoms with Gasteiger partial charge in [0, 0.05) is 18.0 Å². The lowest BCUT2D eigenvalue weighted by Gasteiger charge is -2.14. The summed E-state index contributed by atoms with van der Waals surface area (Å²) in [5.74, 6) is -0.594. The number of carboxylic acid groups (broad SMARTS) is 1. The summed E-state index contributed by atoms with van der Waals surface area (Å²) >= 11 is 0. The van der Waals surface area contributed by atoms with Crippen molar-refractivity contribution < 1.29 is 14.6 Å². The van der Waals surface area contributed by atoms with Gasteiger partial charge in [-0.3, -0.25) is 4.79 Å². The molecule has 118 valence electrons. The van der Waals surface area contributed by atoms with E-state index in [4.69, 9.17) is 9.84 Å². The van der Waals surface area contributed by atoms with Gasteiger partial charge in [0.15, 0.2) is 0 Å². The number of nitrogens with zero attached hydrogens (tertiary/aromatic N) is 1. The molecule has 5 heteroatoms. The van der Waals surface area contributed by atoms with Crippen LogP contribution in [0.3, 0.4) is 0 Å². The molecule has 0 fully saturated rings. The summed E-state index contributed by atoms with van der Waals surface area (Å²) in [6.07, 6.45) is 4.25. The number of fused-ring (bicyclic) bond motifs is 1. The van der Waals surface area contributed by atoms with Gasteiger partial charge in [-0.25, -0.2) is 4.79 Å². The first-order chi connectivity index (χ1) is 10.6. The van der Waals surface area contributed by atoms with E-state index in [0.29, 0.717) is 23.2 Å². The van der Waals surface area contributed by atoms with Crippen molar-refractivity contribution in [2.75, 3.05) is 7.11 Å². The van der Waals surface area contributed by atoms with E-state index in [1.54, 1.807) is 16.7 Å². The number of aryl methyl sites for hydroxylation is 1. The normalized spacial score (nSPS) is 10.8. The molecule has 5 nitrogen and oxygen atoms in total. The Morgan fingerprint density at radius 1 is 1.23 bits per heavy atom. The molecule has 0 aliphatic heterocycles. The van der Waals surface area contributed by atoms with Crippen LogP contribution in [0.15, 0.2) is 29.1 Å². The Morgan fingerprint density at radius 3 is 2.64 bits per heavy atom. The topological polar surface area (TPSA) is 68.5 Å². The third kappa shape index (κ3) is 3.30. The minimum atomic E-state index is -1.01. The lowest BCUT2D eigenvalue weighted by Crippen LogP contribution is -2.20. The zero-order chi connectivity index (χ0) is 16.1. The number of aromatic carboxylic acids is 1. The second kappa shape index (κ2) is 7.11. The summed E-state index contributed by atoms with van der Waals surface area (Å²) in [4.78, 5) is 23.4. The standard InChI is InChI=1S/C17H21NO4/c1-3-4-5-6-9-18-15(19)8-7-12-10-13(17(20)21)11-14(22-2)16(12)18/h7-8,10-11H,3-6,9H2,1-2H3,(H,20,21). The van der Waals surface area contributed by atoms with Gasteiger partial charge in [0.05, 0.1) is 18.2 Å². The van der Waals surface area contributed by atoms with E-state index in [0.717, 1.165) is 25.7 Å². The average molecular weight is 303 g/mol. The molecular formula is C17H21NO4. The molecule has 0 aliphatic carbocycles. The fourth-order valence-corrected chi connectivity index (χ4v) is 2.60. The number of pyridine rings is 1. The van der Waals surface area contributed by atoms with Crippen molar-refractivity contribution in [3.05, 3.63) is 40.2 Å². The number of unbranched alkanes of at least 4 members (excludes halogenated alkanes) is 3. The Bertz CT molecular complexity index is 733. The summed E-state index contributed by atoms with van der Waals surface area (Å²) in [6.45, 7) is 2.75. The van der Waals surface area contributed by atoms with Crippen LogP contribution < -0.4 is 10.3 Å². The predicted molar refractivity (Wildman–Crippen MR) is 85.9 cm³/mol. The van der Waals surface area contributed by atoms with Gasteiger partial charge >= 0.3 is 5.97 Å². The van der Waals surface area contributed by atoms with Crippen molar-refractivity contribution in [3.63, 3.8) is 0 Å². The molecule has 0 amide bonds. The Balaban J connectivity index is 2.52. The maximum absolute atomic E-state index is 12.2. The fraction of sp³-hybridized carbons (Fsp3) is 0.412. The number of rotatable bonds is 7. The molecule has 0 spiro atoms. The van der Waals surface area contributed by atoms with Crippen LogP contribution in [0.1, 0.15) is 43.0 Å². The minimum Gasteiger partial charge on any atom is -0.495 e. The molecule has 0 bridgehead atoms. The van der Waals surface area contributed by atoms with Crippen LogP contribution in [0, 0.1) is 0 Å². The largest absolute Gasteiger partial charge is 0.495 e. The van der Waals surface area contributed by atoms with Crippen molar-refractivity contribution >= 4 is 16.9 Å². The molecule has 22 heavy (non-hydrogen) atoms. The molecule has 1 aromatic heterocycles. The second-order valence-corrected chi connectivity index (χ2v) is 5.31. The summed E-state index contributed by atoms with van der Waals surface area (Å²) < 4.78 is 6.99. The lowest BCUT2D eigenvalue weighted by molar-refractivity contribution is 0.0696. The van der Waals surface area contributed by atoms with Crippen molar-refractivity contribution in [3.8, 4) is 5.75 Å². The number of ether oxygens (including phenoxy) is 1. The average Bonchev–Trinajstić information content (AvgIpc) is 2.52. The maximum atomic E-state index is 12.2. The van der Waals surface area contributed by atoms with E-state index in [2.05, 4.69) is 6.92 Å². The van der Waals surface area contributed by atoms with Gasteiger partial charge in [0.2, 0.25) is 0 Å². The number of methoxy groups -OCH3 is 1. The molecule has 1 N–H and O–H groups in total. The second-order valence-electron chi connectivity index (χ2n) is 5.31. The van der Waals surface area contributed by atoms with Crippen LogP contribution in [0.25, 0.3) is 10.9 Å². The van der Waals surface area contributed by atoms with Gasteiger partial charge in [-0.15, -0.1) is 0 Å². The first-order valence-corrected chi connectivity index (χ1v) is 7.53. The summed E-state index contributed by atoms with van der Waals surface area (Å²) in [5.41, 5.74) is 0.724. The highest BCUT2D eigenvalue weighted by Crippen LogP contribution is 2.27. The monoisotopic (exact) mass is 303 g/mol. The number of carboxylic acids is 1. The summed E-state index contributed by atoms with van der Waals surface area (Å²) in [7, 11) is 1.49. The van der Waals surface area contributed by atoms with Gasteiger partial charge in [0.25, 0.3) is 5.56 Å². The van der Waals surface area contributed by atoms with Crippen molar-refractivity contribution in [2.24, 2.45) is 0 Å². The Hall–Kier alpha value is -2.30. The van der Waals surface area contributed by atoms with Gasteiger partial charge in [0.1, 0.15) is 5.75 Å². The molecule has 2 aromatic rings. The molecule has 0 atom stereocenters. The molecule has 0 unspecified atom stereocenters. The third-order valence-electron chi connectivity index (χ3n) is 3.75. The number of aromatic nitrogens is 1. The molecular weight excluding hydrogens is 282 g/mol. The Labute approximate surface area is 129 Å². The van der Waals surface area contributed by atoms with Crippen LogP contribution >= 0.6 is 0 Å². The van der Waals surface area contributed by atoms with Crippen LogP contribution in [0.4, 0.5) is 0 Å². The number of hydrogen-bond acceptors (Lipinski definition) is 3. The maximum Gasteiger partial charge on any atom is 0.335 e. The summed E-state index contributed by atoms with van der Waals surface area (Å²) in [5, 5.41) is 9.87. The minimum absolute atomic E-state index is 0.0922. The highest BCUT2D eigenvalue weighted by molar-refractivity contribution is 5.96. The van der Waals surface area contributed by atoms with Crippen LogP contribution in [0.2, 0.25) is 0 Å². The van der Waals surface area contributed by atoms with E-state index in [9.17, 15) is 9.59 Å². The SMILES string of the molecule is CCCCCCn1c(=O)ccc2cc(C(=O)O)cc(OC)c21. The number of hydrogen-bond donors (Lipinski definition) is 1. The first-order valence-electron chi connectivity index (χ1n) is 7.53. The van der Waals surface area contributed by atoms with E-state index in [-0.39, 0.29) is 11.1 Å². The van der Waals surface area contributed by atoms with Crippen LogP contribution in [0.5, 0.6) is 5.75 Å². The van der Waals surface area contributed by atoms with E-state index in [1.807, 2.05) is 0 Å². The highest BCUT2D eigenvalue weighted by atomic mass is 16.5. The van der Waals surface area contributed by atoms with Crippen molar-refractivity contribution in [1.82, 2.24) is 4.57 Å². The van der Waals surface area contributed by atoms with Gasteiger partial charge in [-0.05, 0) is 24.6 Å². The molecule has 0 saturated carbocycles. The van der Waals surface area contributed by atoms with E-state index in [1.165, 1.54) is 19.2 Å². The molecule has 0 radical (unpaired) electrons. The van der Waals surface area contributed by atoms with Crippen LogP contribution in [-0.4, -0.2) is 22.8 Å². The Morgan fingerprint density at radius 2 is 2.00 bits per heavy atom. The smallest absolute Gasteiger partial charge is 0.335 e. The Kier molecular flexibility index (Phi) is 5.20. The van der Waals surface area contributed by atoms with E-state index < -0.39 is 5.97 Å². The number of benzene rings is 1.